The van der Waals surface area contributed by atoms with Gasteiger partial charge >= 0.3 is 0 Å². The molecule has 1 saturated heterocycles. The first-order valence-corrected chi connectivity index (χ1v) is 5.72. The van der Waals surface area contributed by atoms with Crippen LogP contribution in [0.5, 0.6) is 0 Å². The van der Waals surface area contributed by atoms with Crippen LogP contribution < -0.4 is 10.6 Å². The van der Waals surface area contributed by atoms with E-state index in [9.17, 15) is 4.79 Å². The van der Waals surface area contributed by atoms with Gasteiger partial charge in [-0.2, -0.15) is 0 Å². The number of aromatic nitrogens is 1. The van der Waals surface area contributed by atoms with Crippen LogP contribution >= 0.6 is 15.9 Å². The third kappa shape index (κ3) is 2.21. The lowest BCUT2D eigenvalue weighted by Crippen LogP contribution is -2.25. The Morgan fingerprint density at radius 2 is 2.38 bits per heavy atom. The zero-order valence-electron chi connectivity index (χ0n) is 8.70. The van der Waals surface area contributed by atoms with Crippen molar-refractivity contribution in [1.82, 2.24) is 15.6 Å². The summed E-state index contributed by atoms with van der Waals surface area (Å²) in [6.07, 6.45) is 3.34. The number of aliphatic imine (C=N–C) groups is 1. The molecule has 0 radical (unpaired) electrons. The minimum Gasteiger partial charge on any atom is -0.340 e. The van der Waals surface area contributed by atoms with Crippen molar-refractivity contribution in [2.75, 3.05) is 6.54 Å². The molecule has 1 atom stereocenters. The fraction of sp³-hybridized carbons (Fsp3) is 0.300. The van der Waals surface area contributed by atoms with Gasteiger partial charge in [0.15, 0.2) is 5.96 Å². The van der Waals surface area contributed by atoms with Crippen LogP contribution in [0.1, 0.15) is 18.5 Å². The number of nitrogens with one attached hydrogen (secondary N) is 2. The van der Waals surface area contributed by atoms with E-state index in [2.05, 4.69) is 36.5 Å². The molecule has 1 fully saturated rings. The maximum absolute atomic E-state index is 11.7. The molecular weight excluding hydrogens is 272 g/mol. The summed E-state index contributed by atoms with van der Waals surface area (Å²) in [4.78, 5) is 19.8. The summed E-state index contributed by atoms with van der Waals surface area (Å²) in [6, 6.07) is 1.45. The number of amides is 1. The fourth-order valence-corrected chi connectivity index (χ4v) is 1.87. The van der Waals surface area contributed by atoms with Gasteiger partial charge in [0.1, 0.15) is 6.04 Å². The summed E-state index contributed by atoms with van der Waals surface area (Å²) in [5.74, 6) is 0.421. The second-order valence-corrected chi connectivity index (χ2v) is 4.24. The monoisotopic (exact) mass is 282 g/mol. The van der Waals surface area contributed by atoms with Crippen molar-refractivity contribution in [2.24, 2.45) is 4.99 Å². The normalized spacial score (nSPS) is 22.0. The lowest BCUT2D eigenvalue weighted by Gasteiger charge is -2.07. The molecule has 16 heavy (non-hydrogen) atoms. The molecule has 0 aromatic carbocycles. The summed E-state index contributed by atoms with van der Waals surface area (Å²) >= 11 is 3.32. The highest BCUT2D eigenvalue weighted by molar-refractivity contribution is 9.10. The largest absolute Gasteiger partial charge is 0.340 e. The second-order valence-electron chi connectivity index (χ2n) is 3.33. The van der Waals surface area contributed by atoms with Crippen molar-refractivity contribution in [3.05, 3.63) is 28.5 Å². The highest BCUT2D eigenvalue weighted by Gasteiger charge is 2.29. The van der Waals surface area contributed by atoms with Crippen LogP contribution in [0.4, 0.5) is 0 Å². The van der Waals surface area contributed by atoms with Gasteiger partial charge in [-0.05, 0) is 28.9 Å². The predicted molar refractivity (Wildman–Crippen MR) is 63.9 cm³/mol. The number of halogens is 1. The van der Waals surface area contributed by atoms with Crippen LogP contribution in [-0.4, -0.2) is 23.4 Å². The second kappa shape index (κ2) is 4.61. The zero-order valence-corrected chi connectivity index (χ0v) is 10.3. The highest BCUT2D eigenvalue weighted by atomic mass is 79.9. The van der Waals surface area contributed by atoms with E-state index >= 15 is 0 Å². The molecule has 1 aromatic heterocycles. The van der Waals surface area contributed by atoms with Crippen LogP contribution in [0.3, 0.4) is 0 Å². The summed E-state index contributed by atoms with van der Waals surface area (Å²) in [7, 11) is 0. The molecular formula is C10H11BrN4O. The van der Waals surface area contributed by atoms with Gasteiger partial charge in [0.25, 0.3) is 5.91 Å². The lowest BCUT2D eigenvalue weighted by molar-refractivity contribution is -0.120. The van der Waals surface area contributed by atoms with Crippen molar-refractivity contribution in [3.8, 4) is 0 Å². The standard InChI is InChI=1S/C10H11BrN4O/c1-2-13-10-14-8(9(16)15-10)6-3-7(11)5-12-4-6/h3-5,8H,2H2,1H3,(H2,13,14,15,16). The zero-order chi connectivity index (χ0) is 11.5. The van der Waals surface area contributed by atoms with E-state index in [0.29, 0.717) is 12.5 Å². The molecule has 2 N–H and O–H groups in total. The molecule has 5 nitrogen and oxygen atoms in total. The highest BCUT2D eigenvalue weighted by Crippen LogP contribution is 2.19. The summed E-state index contributed by atoms with van der Waals surface area (Å²) in [5, 5.41) is 5.69. The van der Waals surface area contributed by atoms with E-state index in [-0.39, 0.29) is 5.91 Å². The molecule has 1 aliphatic heterocycles. The Morgan fingerprint density at radius 3 is 3.06 bits per heavy atom. The lowest BCUT2D eigenvalue weighted by atomic mass is 10.1. The Morgan fingerprint density at radius 1 is 1.56 bits per heavy atom. The van der Waals surface area contributed by atoms with E-state index in [1.54, 1.807) is 12.4 Å². The molecule has 2 rings (SSSR count). The smallest absolute Gasteiger partial charge is 0.253 e. The van der Waals surface area contributed by atoms with Crippen LogP contribution in [0.15, 0.2) is 27.9 Å². The summed E-state index contributed by atoms with van der Waals surface area (Å²) in [5.41, 5.74) is 0.813. The molecule has 0 bridgehead atoms. The molecule has 84 valence electrons. The Balaban J connectivity index is 2.23. The first kappa shape index (κ1) is 11.1. The molecule has 2 heterocycles. The number of hydrogen-bond acceptors (Lipinski definition) is 3. The average molecular weight is 283 g/mol. The summed E-state index contributed by atoms with van der Waals surface area (Å²) in [6.45, 7) is 2.54. The summed E-state index contributed by atoms with van der Waals surface area (Å²) < 4.78 is 0.848. The predicted octanol–water partition coefficient (Wildman–Crippen LogP) is 0.980. The molecule has 1 amide bonds. The molecule has 1 aromatic rings. The van der Waals surface area contributed by atoms with Gasteiger partial charge < -0.3 is 5.32 Å². The number of pyridine rings is 1. The van der Waals surface area contributed by atoms with Crippen LogP contribution in [-0.2, 0) is 4.79 Å². The van der Waals surface area contributed by atoms with Crippen molar-refractivity contribution in [3.63, 3.8) is 0 Å². The van der Waals surface area contributed by atoms with E-state index in [1.807, 2.05) is 13.0 Å². The van der Waals surface area contributed by atoms with Crippen molar-refractivity contribution in [2.45, 2.75) is 13.0 Å². The maximum Gasteiger partial charge on any atom is 0.253 e. The quantitative estimate of drug-likeness (QED) is 0.850. The van der Waals surface area contributed by atoms with Crippen LogP contribution in [0, 0.1) is 0 Å². The van der Waals surface area contributed by atoms with Gasteiger partial charge in [0.2, 0.25) is 0 Å². The van der Waals surface area contributed by atoms with E-state index in [1.165, 1.54) is 0 Å². The number of rotatable bonds is 2. The van der Waals surface area contributed by atoms with E-state index < -0.39 is 6.04 Å². The van der Waals surface area contributed by atoms with Gasteiger partial charge in [-0.15, -0.1) is 0 Å². The van der Waals surface area contributed by atoms with Gasteiger partial charge in [0.05, 0.1) is 0 Å². The van der Waals surface area contributed by atoms with Crippen LogP contribution in [0.25, 0.3) is 0 Å². The molecule has 6 heteroatoms. The fourth-order valence-electron chi connectivity index (χ4n) is 1.49. The number of nitrogens with zero attached hydrogens (tertiary/aromatic N) is 2. The Hall–Kier alpha value is -1.43. The van der Waals surface area contributed by atoms with E-state index in [4.69, 9.17) is 0 Å². The van der Waals surface area contributed by atoms with Gasteiger partial charge in [-0.25, -0.2) is 0 Å². The topological polar surface area (TPSA) is 66.4 Å². The van der Waals surface area contributed by atoms with Gasteiger partial charge in [-0.3, -0.25) is 20.1 Å². The Labute approximate surface area is 101 Å². The van der Waals surface area contributed by atoms with Gasteiger partial charge in [0, 0.05) is 29.0 Å². The van der Waals surface area contributed by atoms with Gasteiger partial charge in [-0.1, -0.05) is 0 Å². The minimum atomic E-state index is -0.407. The Kier molecular flexibility index (Phi) is 3.19. The molecule has 1 unspecified atom stereocenters. The molecule has 1 aliphatic rings. The molecule has 0 spiro atoms. The first-order valence-electron chi connectivity index (χ1n) is 4.93. The van der Waals surface area contributed by atoms with E-state index in [0.717, 1.165) is 10.0 Å². The third-order valence-electron chi connectivity index (χ3n) is 2.16. The number of hydrogen-bond donors (Lipinski definition) is 2. The third-order valence-corrected chi connectivity index (χ3v) is 2.59. The van der Waals surface area contributed by atoms with Crippen molar-refractivity contribution < 1.29 is 4.79 Å². The van der Waals surface area contributed by atoms with Crippen LogP contribution in [0.2, 0.25) is 0 Å². The number of guanidine groups is 1. The van der Waals surface area contributed by atoms with Crippen molar-refractivity contribution >= 4 is 27.8 Å². The molecule has 0 saturated carbocycles. The molecule has 0 aliphatic carbocycles. The Bertz CT molecular complexity index is 446. The maximum atomic E-state index is 11.7. The number of carbonyl (C=O) groups is 1. The van der Waals surface area contributed by atoms with Crippen molar-refractivity contribution in [1.29, 1.82) is 0 Å². The minimum absolute atomic E-state index is 0.105. The SMILES string of the molecule is CCN=C1NC(=O)C(c2cncc(Br)c2)N1. The average Bonchev–Trinajstić information content (AvgIpc) is 2.60. The number of carbonyl (C=O) groups excluding carboxylic acids is 1. The first-order chi connectivity index (χ1) is 7.70.